The molecule has 0 aliphatic heterocycles. The Hall–Kier alpha value is -1.86. The lowest BCUT2D eigenvalue weighted by atomic mass is 10.1. The summed E-state index contributed by atoms with van der Waals surface area (Å²) in [4.78, 5) is 7.07. The Morgan fingerprint density at radius 3 is 2.58 bits per heavy atom. The van der Waals surface area contributed by atoms with E-state index >= 15 is 0 Å². The largest absolute Gasteiger partial charge is 0.363 e. The van der Waals surface area contributed by atoms with Crippen LogP contribution in [0.4, 0.5) is 5.82 Å². The third kappa shape index (κ3) is 3.12. The second-order valence-corrected chi connectivity index (χ2v) is 6.19. The van der Waals surface area contributed by atoms with E-state index in [0.29, 0.717) is 5.56 Å². The molecule has 98 valence electrons. The highest BCUT2D eigenvalue weighted by Crippen LogP contribution is 2.28. The molecule has 2 rings (SSSR count). The lowest BCUT2D eigenvalue weighted by molar-refractivity contribution is 0.869. The summed E-state index contributed by atoms with van der Waals surface area (Å²) >= 11 is 1.81. The van der Waals surface area contributed by atoms with Gasteiger partial charge in [-0.2, -0.15) is 5.26 Å². The quantitative estimate of drug-likeness (QED) is 0.913. The molecule has 1 atom stereocenters. The van der Waals surface area contributed by atoms with E-state index in [4.69, 9.17) is 5.26 Å². The van der Waals surface area contributed by atoms with Gasteiger partial charge in [0.15, 0.2) is 0 Å². The van der Waals surface area contributed by atoms with E-state index in [-0.39, 0.29) is 6.04 Å². The van der Waals surface area contributed by atoms with Crippen molar-refractivity contribution in [2.24, 2.45) is 0 Å². The van der Waals surface area contributed by atoms with E-state index in [0.717, 1.165) is 11.5 Å². The Kier molecular flexibility index (Phi) is 3.87. The molecule has 1 unspecified atom stereocenters. The summed E-state index contributed by atoms with van der Waals surface area (Å²) in [5.41, 5.74) is 2.79. The second-order valence-electron chi connectivity index (χ2n) is 4.73. The maximum absolute atomic E-state index is 8.98. The van der Waals surface area contributed by atoms with Gasteiger partial charge in [-0.3, -0.25) is 0 Å². The standard InChI is InChI=1S/C15H17N3S/c1-9-5-13(8-16)7-15(17-9)18-11(3)14-6-10(2)19-12(14)4/h5-7,11H,1-4H3,(H,17,18). The molecule has 0 aromatic carbocycles. The van der Waals surface area contributed by atoms with E-state index in [2.05, 4.69) is 43.2 Å². The molecule has 0 bridgehead atoms. The first kappa shape index (κ1) is 13.6. The van der Waals surface area contributed by atoms with E-state index in [1.54, 1.807) is 23.5 Å². The van der Waals surface area contributed by atoms with Gasteiger partial charge in [0.25, 0.3) is 0 Å². The van der Waals surface area contributed by atoms with E-state index in [9.17, 15) is 0 Å². The number of aryl methyl sites for hydroxylation is 3. The van der Waals surface area contributed by atoms with Gasteiger partial charge < -0.3 is 5.32 Å². The van der Waals surface area contributed by atoms with Crippen LogP contribution < -0.4 is 5.32 Å². The van der Waals surface area contributed by atoms with Crippen molar-refractivity contribution in [3.63, 3.8) is 0 Å². The number of nitrogens with zero attached hydrogens (tertiary/aromatic N) is 2. The van der Waals surface area contributed by atoms with Crippen LogP contribution in [0.5, 0.6) is 0 Å². The number of anilines is 1. The van der Waals surface area contributed by atoms with Gasteiger partial charge in [-0.25, -0.2) is 4.98 Å². The van der Waals surface area contributed by atoms with Crippen LogP contribution in [-0.4, -0.2) is 4.98 Å². The Morgan fingerprint density at radius 2 is 2.00 bits per heavy atom. The fourth-order valence-corrected chi connectivity index (χ4v) is 3.21. The van der Waals surface area contributed by atoms with Crippen molar-refractivity contribution in [3.05, 3.63) is 44.8 Å². The van der Waals surface area contributed by atoms with Crippen molar-refractivity contribution < 1.29 is 0 Å². The molecule has 1 N–H and O–H groups in total. The number of rotatable bonds is 3. The molecular weight excluding hydrogens is 254 g/mol. The average Bonchev–Trinajstić information content (AvgIpc) is 2.67. The van der Waals surface area contributed by atoms with Crippen molar-refractivity contribution in [2.45, 2.75) is 33.7 Å². The molecule has 0 amide bonds. The highest BCUT2D eigenvalue weighted by Gasteiger charge is 2.12. The monoisotopic (exact) mass is 271 g/mol. The molecule has 0 saturated carbocycles. The fourth-order valence-electron chi connectivity index (χ4n) is 2.19. The minimum Gasteiger partial charge on any atom is -0.363 e. The normalized spacial score (nSPS) is 11.9. The first-order chi connectivity index (χ1) is 8.99. The first-order valence-electron chi connectivity index (χ1n) is 6.22. The summed E-state index contributed by atoms with van der Waals surface area (Å²) in [5, 5.41) is 12.4. The summed E-state index contributed by atoms with van der Waals surface area (Å²) in [6, 6.07) is 8.13. The number of hydrogen-bond acceptors (Lipinski definition) is 4. The van der Waals surface area contributed by atoms with Crippen molar-refractivity contribution in [3.8, 4) is 6.07 Å². The average molecular weight is 271 g/mol. The summed E-state index contributed by atoms with van der Waals surface area (Å²) in [6.45, 7) is 8.27. The smallest absolute Gasteiger partial charge is 0.127 e. The molecule has 0 aliphatic rings. The second kappa shape index (κ2) is 5.41. The van der Waals surface area contributed by atoms with E-state index in [1.807, 2.05) is 6.92 Å². The molecule has 0 spiro atoms. The van der Waals surface area contributed by atoms with Gasteiger partial charge in [0.05, 0.1) is 17.7 Å². The summed E-state index contributed by atoms with van der Waals surface area (Å²) in [5.74, 6) is 0.757. The Labute approximate surface area is 117 Å². The Morgan fingerprint density at radius 1 is 1.26 bits per heavy atom. The number of hydrogen-bond donors (Lipinski definition) is 1. The number of thiophene rings is 1. The van der Waals surface area contributed by atoms with Gasteiger partial charge in [0.2, 0.25) is 0 Å². The zero-order valence-corrected chi connectivity index (χ0v) is 12.4. The van der Waals surface area contributed by atoms with Gasteiger partial charge in [-0.05, 0) is 51.5 Å². The zero-order valence-electron chi connectivity index (χ0n) is 11.6. The third-order valence-electron chi connectivity index (χ3n) is 2.99. The van der Waals surface area contributed by atoms with Gasteiger partial charge >= 0.3 is 0 Å². The molecule has 0 aliphatic carbocycles. The van der Waals surface area contributed by atoms with Crippen LogP contribution in [0.2, 0.25) is 0 Å². The Bertz CT molecular complexity index is 637. The van der Waals surface area contributed by atoms with Crippen LogP contribution in [0.1, 0.15) is 39.5 Å². The van der Waals surface area contributed by atoms with E-state index < -0.39 is 0 Å². The van der Waals surface area contributed by atoms with Crippen LogP contribution in [-0.2, 0) is 0 Å². The molecule has 0 fully saturated rings. The van der Waals surface area contributed by atoms with Crippen LogP contribution in [0.3, 0.4) is 0 Å². The molecule has 2 aromatic rings. The van der Waals surface area contributed by atoms with Crippen LogP contribution in [0, 0.1) is 32.1 Å². The van der Waals surface area contributed by atoms with Gasteiger partial charge in [0.1, 0.15) is 5.82 Å². The fraction of sp³-hybridized carbons (Fsp3) is 0.333. The minimum atomic E-state index is 0.186. The molecule has 19 heavy (non-hydrogen) atoms. The van der Waals surface area contributed by atoms with Gasteiger partial charge in [-0.1, -0.05) is 0 Å². The Balaban J connectivity index is 2.24. The molecule has 2 aromatic heterocycles. The molecule has 0 radical (unpaired) electrons. The minimum absolute atomic E-state index is 0.186. The first-order valence-corrected chi connectivity index (χ1v) is 7.03. The maximum atomic E-state index is 8.98. The maximum Gasteiger partial charge on any atom is 0.127 e. The third-order valence-corrected chi connectivity index (χ3v) is 3.97. The highest BCUT2D eigenvalue weighted by atomic mass is 32.1. The summed E-state index contributed by atoms with van der Waals surface area (Å²) in [7, 11) is 0. The molecule has 0 saturated heterocycles. The van der Waals surface area contributed by atoms with Crippen molar-refractivity contribution >= 4 is 17.2 Å². The number of aromatic nitrogens is 1. The summed E-state index contributed by atoms with van der Waals surface area (Å²) in [6.07, 6.45) is 0. The number of pyridine rings is 1. The zero-order chi connectivity index (χ0) is 14.0. The predicted molar refractivity (Wildman–Crippen MR) is 79.5 cm³/mol. The molecule has 3 nitrogen and oxygen atoms in total. The lowest BCUT2D eigenvalue weighted by Crippen LogP contribution is -2.08. The number of nitrogens with one attached hydrogen (secondary N) is 1. The van der Waals surface area contributed by atoms with Crippen LogP contribution in [0.25, 0.3) is 0 Å². The summed E-state index contributed by atoms with van der Waals surface area (Å²) < 4.78 is 0. The lowest BCUT2D eigenvalue weighted by Gasteiger charge is -2.15. The highest BCUT2D eigenvalue weighted by molar-refractivity contribution is 7.12. The van der Waals surface area contributed by atoms with Gasteiger partial charge in [0, 0.05) is 15.4 Å². The molecule has 4 heteroatoms. The van der Waals surface area contributed by atoms with Gasteiger partial charge in [-0.15, -0.1) is 11.3 Å². The van der Waals surface area contributed by atoms with E-state index in [1.165, 1.54) is 15.3 Å². The van der Waals surface area contributed by atoms with Crippen LogP contribution in [0.15, 0.2) is 18.2 Å². The molecule has 2 heterocycles. The van der Waals surface area contributed by atoms with Crippen LogP contribution >= 0.6 is 11.3 Å². The SMILES string of the molecule is Cc1cc(C#N)cc(NC(C)c2cc(C)sc2C)n1. The number of nitriles is 1. The van der Waals surface area contributed by atoms with Crippen molar-refractivity contribution in [1.82, 2.24) is 4.98 Å². The predicted octanol–water partition coefficient (Wildman–Crippen LogP) is 4.11. The van der Waals surface area contributed by atoms with Crippen molar-refractivity contribution in [2.75, 3.05) is 5.32 Å². The topological polar surface area (TPSA) is 48.7 Å². The van der Waals surface area contributed by atoms with Crippen molar-refractivity contribution in [1.29, 1.82) is 5.26 Å². The molecular formula is C15H17N3S.